The van der Waals surface area contributed by atoms with Crippen molar-refractivity contribution in [3.05, 3.63) is 24.3 Å². The SMILES string of the molecule is CC[C@@H](C)[C@@H](C)Nc1cccc(SC)c1. The molecule has 1 aromatic rings. The van der Waals surface area contributed by atoms with E-state index in [1.54, 1.807) is 11.8 Å². The van der Waals surface area contributed by atoms with Crippen molar-refractivity contribution < 1.29 is 0 Å². The topological polar surface area (TPSA) is 12.0 Å². The van der Waals surface area contributed by atoms with Gasteiger partial charge in [-0.1, -0.05) is 26.3 Å². The smallest absolute Gasteiger partial charge is 0.0353 e. The second-order valence-corrected chi connectivity index (χ2v) is 4.93. The summed E-state index contributed by atoms with van der Waals surface area (Å²) >= 11 is 1.78. The summed E-state index contributed by atoms with van der Waals surface area (Å²) in [4.78, 5) is 1.32. The minimum atomic E-state index is 0.534. The van der Waals surface area contributed by atoms with E-state index in [1.165, 1.54) is 17.0 Å². The Labute approximate surface area is 97.7 Å². The molecule has 1 rings (SSSR count). The average Bonchev–Trinajstić information content (AvgIpc) is 2.28. The van der Waals surface area contributed by atoms with Gasteiger partial charge in [0.1, 0.15) is 0 Å². The minimum Gasteiger partial charge on any atom is -0.382 e. The Hall–Kier alpha value is -0.630. The number of benzene rings is 1. The molecule has 0 aromatic heterocycles. The van der Waals surface area contributed by atoms with Crippen molar-refractivity contribution in [2.75, 3.05) is 11.6 Å². The van der Waals surface area contributed by atoms with Gasteiger partial charge in [0.05, 0.1) is 0 Å². The maximum absolute atomic E-state index is 3.55. The van der Waals surface area contributed by atoms with Gasteiger partial charge in [0.15, 0.2) is 0 Å². The van der Waals surface area contributed by atoms with Crippen LogP contribution in [0.2, 0.25) is 0 Å². The molecule has 0 saturated heterocycles. The van der Waals surface area contributed by atoms with E-state index < -0.39 is 0 Å². The van der Waals surface area contributed by atoms with E-state index in [0.29, 0.717) is 12.0 Å². The number of anilines is 1. The highest BCUT2D eigenvalue weighted by molar-refractivity contribution is 7.98. The van der Waals surface area contributed by atoms with Crippen LogP contribution in [0.4, 0.5) is 5.69 Å². The summed E-state index contributed by atoms with van der Waals surface area (Å²) in [5, 5.41) is 3.55. The number of rotatable bonds is 5. The van der Waals surface area contributed by atoms with Crippen molar-refractivity contribution in [1.82, 2.24) is 0 Å². The summed E-state index contributed by atoms with van der Waals surface area (Å²) in [7, 11) is 0. The first-order valence-corrected chi connectivity index (χ1v) is 6.80. The normalized spacial score (nSPS) is 14.7. The highest BCUT2D eigenvalue weighted by atomic mass is 32.2. The lowest BCUT2D eigenvalue weighted by atomic mass is 10.0. The molecule has 0 radical (unpaired) electrons. The standard InChI is InChI=1S/C13H21NS/c1-5-10(2)11(3)14-12-7-6-8-13(9-12)15-4/h6-11,14H,5H2,1-4H3/t10-,11-/m1/s1. The first kappa shape index (κ1) is 12.4. The van der Waals surface area contributed by atoms with Crippen LogP contribution < -0.4 is 5.32 Å². The van der Waals surface area contributed by atoms with Gasteiger partial charge in [0.2, 0.25) is 0 Å². The maximum Gasteiger partial charge on any atom is 0.0353 e. The van der Waals surface area contributed by atoms with Crippen molar-refractivity contribution in [1.29, 1.82) is 0 Å². The lowest BCUT2D eigenvalue weighted by Crippen LogP contribution is -2.23. The zero-order valence-corrected chi connectivity index (χ0v) is 10.9. The summed E-state index contributed by atoms with van der Waals surface area (Å²) in [6.07, 6.45) is 3.33. The van der Waals surface area contributed by atoms with Gasteiger partial charge in [-0.3, -0.25) is 0 Å². The first-order chi connectivity index (χ1) is 7.17. The maximum atomic E-state index is 3.55. The van der Waals surface area contributed by atoms with Crippen molar-refractivity contribution >= 4 is 17.4 Å². The molecule has 0 spiro atoms. The molecule has 84 valence electrons. The van der Waals surface area contributed by atoms with Crippen molar-refractivity contribution in [2.45, 2.75) is 38.1 Å². The van der Waals surface area contributed by atoms with Crippen LogP contribution in [0.3, 0.4) is 0 Å². The lowest BCUT2D eigenvalue weighted by molar-refractivity contribution is 0.494. The molecule has 0 aliphatic carbocycles. The molecule has 1 aromatic carbocycles. The number of hydrogen-bond donors (Lipinski definition) is 1. The zero-order chi connectivity index (χ0) is 11.3. The van der Waals surface area contributed by atoms with Gasteiger partial charge in [-0.25, -0.2) is 0 Å². The molecule has 2 atom stereocenters. The van der Waals surface area contributed by atoms with Crippen LogP contribution >= 0.6 is 11.8 Å². The van der Waals surface area contributed by atoms with E-state index in [4.69, 9.17) is 0 Å². The molecular weight excluding hydrogens is 202 g/mol. The van der Waals surface area contributed by atoms with Gasteiger partial charge >= 0.3 is 0 Å². The highest BCUT2D eigenvalue weighted by Gasteiger charge is 2.09. The fourth-order valence-corrected chi connectivity index (χ4v) is 1.93. The molecule has 0 fully saturated rings. The van der Waals surface area contributed by atoms with Crippen LogP contribution in [0.1, 0.15) is 27.2 Å². The van der Waals surface area contributed by atoms with Crippen LogP contribution in [0.5, 0.6) is 0 Å². The Balaban J connectivity index is 2.63. The molecule has 0 unspecified atom stereocenters. The Morgan fingerprint density at radius 2 is 2.07 bits per heavy atom. The van der Waals surface area contributed by atoms with Crippen molar-refractivity contribution in [2.24, 2.45) is 5.92 Å². The van der Waals surface area contributed by atoms with E-state index in [0.717, 1.165) is 0 Å². The molecule has 1 N–H and O–H groups in total. The fourth-order valence-electron chi connectivity index (χ4n) is 1.47. The number of nitrogens with one attached hydrogen (secondary N) is 1. The zero-order valence-electron chi connectivity index (χ0n) is 10.1. The Bertz CT molecular complexity index is 298. The molecule has 2 heteroatoms. The van der Waals surface area contributed by atoms with Crippen LogP contribution in [0.25, 0.3) is 0 Å². The van der Waals surface area contributed by atoms with Crippen molar-refractivity contribution in [3.8, 4) is 0 Å². The molecule has 0 heterocycles. The van der Waals surface area contributed by atoms with Crippen LogP contribution in [0, 0.1) is 5.92 Å². The molecular formula is C13H21NS. The van der Waals surface area contributed by atoms with E-state index in [-0.39, 0.29) is 0 Å². The third kappa shape index (κ3) is 3.78. The van der Waals surface area contributed by atoms with Crippen LogP contribution in [-0.4, -0.2) is 12.3 Å². The van der Waals surface area contributed by atoms with Crippen LogP contribution in [-0.2, 0) is 0 Å². The van der Waals surface area contributed by atoms with Gasteiger partial charge in [-0.2, -0.15) is 0 Å². The van der Waals surface area contributed by atoms with E-state index in [9.17, 15) is 0 Å². The Morgan fingerprint density at radius 1 is 1.33 bits per heavy atom. The van der Waals surface area contributed by atoms with E-state index in [1.807, 2.05) is 0 Å². The second-order valence-electron chi connectivity index (χ2n) is 4.05. The molecule has 0 saturated carbocycles. The lowest BCUT2D eigenvalue weighted by Gasteiger charge is -2.21. The molecule has 0 amide bonds. The first-order valence-electron chi connectivity index (χ1n) is 5.58. The minimum absolute atomic E-state index is 0.534. The Kier molecular flexibility index (Phi) is 5.03. The van der Waals surface area contributed by atoms with Gasteiger partial charge in [-0.15, -0.1) is 11.8 Å². The van der Waals surface area contributed by atoms with Crippen LogP contribution in [0.15, 0.2) is 29.2 Å². The Morgan fingerprint density at radius 3 is 2.67 bits per heavy atom. The average molecular weight is 223 g/mol. The third-order valence-corrected chi connectivity index (χ3v) is 3.69. The number of hydrogen-bond acceptors (Lipinski definition) is 2. The largest absolute Gasteiger partial charge is 0.382 e. The molecule has 0 aliphatic heterocycles. The summed E-state index contributed by atoms with van der Waals surface area (Å²) < 4.78 is 0. The molecule has 1 nitrogen and oxygen atoms in total. The van der Waals surface area contributed by atoms with Gasteiger partial charge < -0.3 is 5.32 Å². The van der Waals surface area contributed by atoms with Gasteiger partial charge in [0.25, 0.3) is 0 Å². The summed E-state index contributed by atoms with van der Waals surface area (Å²) in [6.45, 7) is 6.77. The number of thioether (sulfide) groups is 1. The van der Waals surface area contributed by atoms with Gasteiger partial charge in [-0.05, 0) is 37.3 Å². The summed E-state index contributed by atoms with van der Waals surface area (Å²) in [5.74, 6) is 0.711. The van der Waals surface area contributed by atoms with Gasteiger partial charge in [0, 0.05) is 16.6 Å². The third-order valence-electron chi connectivity index (χ3n) is 2.96. The summed E-state index contributed by atoms with van der Waals surface area (Å²) in [6, 6.07) is 9.13. The van der Waals surface area contributed by atoms with E-state index in [2.05, 4.69) is 56.6 Å². The quantitative estimate of drug-likeness (QED) is 0.749. The fraction of sp³-hybridized carbons (Fsp3) is 0.538. The molecule has 15 heavy (non-hydrogen) atoms. The summed E-state index contributed by atoms with van der Waals surface area (Å²) in [5.41, 5.74) is 1.23. The molecule has 0 aliphatic rings. The predicted molar refractivity (Wildman–Crippen MR) is 70.8 cm³/mol. The monoisotopic (exact) mass is 223 g/mol. The second kappa shape index (κ2) is 6.06. The molecule has 0 bridgehead atoms. The van der Waals surface area contributed by atoms with E-state index >= 15 is 0 Å². The van der Waals surface area contributed by atoms with Crippen molar-refractivity contribution in [3.63, 3.8) is 0 Å². The highest BCUT2D eigenvalue weighted by Crippen LogP contribution is 2.21. The predicted octanol–water partition coefficient (Wildman–Crippen LogP) is 4.26.